The second kappa shape index (κ2) is 65.4. The summed E-state index contributed by atoms with van der Waals surface area (Å²) in [6.07, 6.45) is 79.4. The van der Waals surface area contributed by atoms with E-state index in [1.165, 1.54) is 270 Å². The first-order valence-electron chi connectivity index (χ1n) is 34.3. The van der Waals surface area contributed by atoms with Crippen molar-refractivity contribution < 1.29 is 28.6 Å². The van der Waals surface area contributed by atoms with Gasteiger partial charge in [-0.05, 0) is 51.4 Å². The molecular formula is C70H132O6. The molecule has 0 fully saturated rings. The third-order valence-electron chi connectivity index (χ3n) is 15.7. The van der Waals surface area contributed by atoms with Gasteiger partial charge in [-0.2, -0.15) is 0 Å². The molecule has 6 heteroatoms. The summed E-state index contributed by atoms with van der Waals surface area (Å²) >= 11 is 0. The maximum atomic E-state index is 12.9. The van der Waals surface area contributed by atoms with Crippen molar-refractivity contribution in [3.63, 3.8) is 0 Å². The molecule has 0 spiro atoms. The molecule has 0 heterocycles. The van der Waals surface area contributed by atoms with Crippen molar-refractivity contribution in [1.82, 2.24) is 0 Å². The van der Waals surface area contributed by atoms with Gasteiger partial charge in [0, 0.05) is 19.3 Å². The lowest BCUT2D eigenvalue weighted by Crippen LogP contribution is -2.30. The molecule has 6 nitrogen and oxygen atoms in total. The fourth-order valence-electron chi connectivity index (χ4n) is 10.5. The molecule has 76 heavy (non-hydrogen) atoms. The van der Waals surface area contributed by atoms with Crippen LogP contribution < -0.4 is 0 Å². The Balaban J connectivity index is 4.04. The quantitative estimate of drug-likeness (QED) is 0.0261. The molecule has 0 radical (unpaired) electrons. The summed E-state index contributed by atoms with van der Waals surface area (Å²) in [6, 6.07) is 0. The van der Waals surface area contributed by atoms with Crippen molar-refractivity contribution in [1.29, 1.82) is 0 Å². The molecule has 1 unspecified atom stereocenters. The number of esters is 3. The molecule has 0 aromatic carbocycles. The molecule has 0 aliphatic carbocycles. The van der Waals surface area contributed by atoms with E-state index in [1.807, 2.05) is 0 Å². The van der Waals surface area contributed by atoms with E-state index in [0.29, 0.717) is 19.3 Å². The zero-order chi connectivity index (χ0) is 55.0. The molecule has 448 valence electrons. The van der Waals surface area contributed by atoms with E-state index in [0.717, 1.165) is 77.0 Å². The number of hydrogen-bond donors (Lipinski definition) is 0. The minimum absolute atomic E-state index is 0.0714. The minimum Gasteiger partial charge on any atom is -0.462 e. The second-order valence-electron chi connectivity index (χ2n) is 23.5. The number of hydrogen-bond acceptors (Lipinski definition) is 6. The van der Waals surface area contributed by atoms with E-state index in [-0.39, 0.29) is 31.1 Å². The molecule has 0 amide bonds. The average Bonchev–Trinajstić information content (AvgIpc) is 3.42. The van der Waals surface area contributed by atoms with E-state index >= 15 is 0 Å². The first-order valence-corrected chi connectivity index (χ1v) is 34.3. The zero-order valence-corrected chi connectivity index (χ0v) is 51.6. The maximum absolute atomic E-state index is 12.9. The summed E-state index contributed by atoms with van der Waals surface area (Å²) < 4.78 is 16.9. The van der Waals surface area contributed by atoms with Gasteiger partial charge in [0.2, 0.25) is 0 Å². The van der Waals surface area contributed by atoms with Crippen LogP contribution in [0.4, 0.5) is 0 Å². The summed E-state index contributed by atoms with van der Waals surface area (Å²) in [4.78, 5) is 38.2. The summed E-state index contributed by atoms with van der Waals surface area (Å²) in [6.45, 7) is 6.66. The molecule has 1 atom stereocenters. The van der Waals surface area contributed by atoms with Gasteiger partial charge >= 0.3 is 17.9 Å². The van der Waals surface area contributed by atoms with Crippen LogP contribution in [0.3, 0.4) is 0 Å². The van der Waals surface area contributed by atoms with Crippen LogP contribution in [0.15, 0.2) is 24.3 Å². The first kappa shape index (κ1) is 73.9. The number of carbonyl (C=O) groups is 3. The van der Waals surface area contributed by atoms with Crippen LogP contribution in [0, 0.1) is 0 Å². The van der Waals surface area contributed by atoms with Crippen LogP contribution in [0.1, 0.15) is 387 Å². The highest BCUT2D eigenvalue weighted by molar-refractivity contribution is 5.71. The lowest BCUT2D eigenvalue weighted by atomic mass is 10.0. The number of rotatable bonds is 64. The molecule has 0 saturated heterocycles. The van der Waals surface area contributed by atoms with Crippen LogP contribution in [-0.2, 0) is 28.6 Å². The van der Waals surface area contributed by atoms with Crippen molar-refractivity contribution in [3.8, 4) is 0 Å². The Morgan fingerprint density at radius 2 is 0.474 bits per heavy atom. The van der Waals surface area contributed by atoms with Crippen molar-refractivity contribution in [2.75, 3.05) is 13.2 Å². The van der Waals surface area contributed by atoms with Crippen molar-refractivity contribution >= 4 is 17.9 Å². The molecule has 0 rings (SSSR count). The number of ether oxygens (including phenoxy) is 3. The molecular weight excluding hydrogens is 937 g/mol. The normalized spacial score (nSPS) is 12.1. The van der Waals surface area contributed by atoms with Crippen LogP contribution in [0.25, 0.3) is 0 Å². The predicted molar refractivity (Wildman–Crippen MR) is 330 cm³/mol. The Labute approximate surface area is 474 Å². The number of unbranched alkanes of at least 4 members (excludes halogenated alkanes) is 49. The summed E-state index contributed by atoms with van der Waals surface area (Å²) in [5.74, 6) is -0.862. The maximum Gasteiger partial charge on any atom is 0.306 e. The minimum atomic E-state index is -0.774. The van der Waals surface area contributed by atoms with Crippen molar-refractivity contribution in [2.45, 2.75) is 393 Å². The molecule has 0 aliphatic rings. The molecule has 0 saturated carbocycles. The monoisotopic (exact) mass is 1070 g/mol. The fourth-order valence-corrected chi connectivity index (χ4v) is 10.5. The van der Waals surface area contributed by atoms with Gasteiger partial charge in [0.1, 0.15) is 13.2 Å². The van der Waals surface area contributed by atoms with E-state index in [1.54, 1.807) is 0 Å². The lowest BCUT2D eigenvalue weighted by Gasteiger charge is -2.18. The number of allylic oxidation sites excluding steroid dienone is 4. The molecule has 0 N–H and O–H groups in total. The van der Waals surface area contributed by atoms with Gasteiger partial charge < -0.3 is 14.2 Å². The molecule has 0 aliphatic heterocycles. The predicted octanol–water partition coefficient (Wildman–Crippen LogP) is 23.4. The number of carbonyl (C=O) groups excluding carboxylic acids is 3. The topological polar surface area (TPSA) is 78.9 Å². The highest BCUT2D eigenvalue weighted by Gasteiger charge is 2.19. The Bertz CT molecular complexity index is 1230. The van der Waals surface area contributed by atoms with Crippen LogP contribution in [0.5, 0.6) is 0 Å². The van der Waals surface area contributed by atoms with Gasteiger partial charge in [-0.1, -0.05) is 340 Å². The summed E-state index contributed by atoms with van der Waals surface area (Å²) in [7, 11) is 0. The average molecular weight is 1070 g/mol. The lowest BCUT2D eigenvalue weighted by molar-refractivity contribution is -0.167. The largest absolute Gasteiger partial charge is 0.462 e. The van der Waals surface area contributed by atoms with E-state index in [2.05, 4.69) is 45.1 Å². The van der Waals surface area contributed by atoms with Crippen LogP contribution in [-0.4, -0.2) is 37.2 Å². The van der Waals surface area contributed by atoms with Gasteiger partial charge in [-0.15, -0.1) is 0 Å². The van der Waals surface area contributed by atoms with Gasteiger partial charge in [-0.25, -0.2) is 0 Å². The highest BCUT2D eigenvalue weighted by atomic mass is 16.6. The van der Waals surface area contributed by atoms with Gasteiger partial charge in [0.05, 0.1) is 0 Å². The standard InChI is InChI=1S/C70H132O6/c1-4-7-10-13-16-19-22-24-26-28-29-30-31-32-33-34-35-36-37-38-39-40-41-42-43-45-46-48-51-54-57-60-63-69(72)75-66-67(65-74-68(71)62-59-56-53-50-21-18-15-12-9-6-3)76-70(73)64-61-58-55-52-49-47-44-27-25-23-20-17-14-11-8-5-2/h20,23,27,44,67H,4-19,21-22,24-26,28-43,45-66H2,1-3H3/b23-20-,44-27-. The second-order valence-corrected chi connectivity index (χ2v) is 23.5. The van der Waals surface area contributed by atoms with Gasteiger partial charge in [0.25, 0.3) is 0 Å². The zero-order valence-electron chi connectivity index (χ0n) is 51.6. The third kappa shape index (κ3) is 62.7. The van der Waals surface area contributed by atoms with E-state index in [9.17, 15) is 14.4 Å². The van der Waals surface area contributed by atoms with Gasteiger partial charge in [0.15, 0.2) is 6.10 Å². The Morgan fingerprint density at radius 3 is 0.737 bits per heavy atom. The smallest absolute Gasteiger partial charge is 0.306 e. The van der Waals surface area contributed by atoms with Gasteiger partial charge in [-0.3, -0.25) is 14.4 Å². The van der Waals surface area contributed by atoms with Crippen molar-refractivity contribution in [3.05, 3.63) is 24.3 Å². The Morgan fingerprint density at radius 1 is 0.263 bits per heavy atom. The van der Waals surface area contributed by atoms with Crippen molar-refractivity contribution in [2.24, 2.45) is 0 Å². The third-order valence-corrected chi connectivity index (χ3v) is 15.7. The fraction of sp³-hybridized carbons (Fsp3) is 0.900. The van der Waals surface area contributed by atoms with Crippen LogP contribution >= 0.6 is 0 Å². The Hall–Kier alpha value is -2.11. The highest BCUT2D eigenvalue weighted by Crippen LogP contribution is 2.19. The van der Waals surface area contributed by atoms with E-state index in [4.69, 9.17) is 14.2 Å². The Kier molecular flexibility index (Phi) is 63.6. The summed E-state index contributed by atoms with van der Waals surface area (Å²) in [5, 5.41) is 0. The molecule has 0 aromatic rings. The SMILES string of the molecule is CCCCCC/C=C\C/C=C\CCCCCCCC(=O)OC(COC(=O)CCCCCCCCCCCC)COC(=O)CCCCCCCCCCCCCCCCCCCCCCCCCCCCCCCCCC. The summed E-state index contributed by atoms with van der Waals surface area (Å²) in [5.41, 5.74) is 0. The van der Waals surface area contributed by atoms with Crippen LogP contribution in [0.2, 0.25) is 0 Å². The molecule has 0 bridgehead atoms. The van der Waals surface area contributed by atoms with E-state index < -0.39 is 6.10 Å². The first-order chi connectivity index (χ1) is 37.5. The molecule has 0 aromatic heterocycles.